The van der Waals surface area contributed by atoms with Crippen molar-refractivity contribution >= 4 is 51.4 Å². The third-order valence-corrected chi connectivity index (χ3v) is 5.96. The fourth-order valence-corrected chi connectivity index (χ4v) is 4.70. The minimum Gasteiger partial charge on any atom is -0.493 e. The highest BCUT2D eigenvalue weighted by atomic mass is 127. The molecule has 2 N–H and O–H groups in total. The van der Waals surface area contributed by atoms with Gasteiger partial charge in [-0.1, -0.05) is 11.6 Å². The standard InChI is InChI=1S/C17H26ClN3O4S.HI/c1-4-19-17(21-13-6-7-26(22,23)11-13)20-10-12-8-14(18)16(25-5-2)15(9-12)24-3;/h8-9,13H,4-7,10-11H2,1-3H3,(H2,19,20,21);1H. The van der Waals surface area contributed by atoms with E-state index in [0.29, 0.717) is 48.6 Å². The zero-order chi connectivity index (χ0) is 19.2. The van der Waals surface area contributed by atoms with Gasteiger partial charge >= 0.3 is 0 Å². The SMILES string of the molecule is CCNC(=NCc1cc(Cl)c(OCC)c(OC)c1)NC1CCS(=O)(=O)C1.I. The van der Waals surface area contributed by atoms with Crippen LogP contribution in [-0.4, -0.2) is 52.2 Å². The number of sulfone groups is 1. The Morgan fingerprint density at radius 3 is 2.67 bits per heavy atom. The summed E-state index contributed by atoms with van der Waals surface area (Å²) in [5.41, 5.74) is 0.867. The van der Waals surface area contributed by atoms with Crippen molar-refractivity contribution in [2.45, 2.75) is 32.9 Å². The molecule has 1 saturated heterocycles. The van der Waals surface area contributed by atoms with Crippen LogP contribution in [0.1, 0.15) is 25.8 Å². The maximum atomic E-state index is 11.6. The van der Waals surface area contributed by atoms with Crippen LogP contribution in [-0.2, 0) is 16.4 Å². The highest BCUT2D eigenvalue weighted by Gasteiger charge is 2.28. The van der Waals surface area contributed by atoms with E-state index in [0.717, 1.165) is 5.56 Å². The molecule has 1 aliphatic heterocycles. The lowest BCUT2D eigenvalue weighted by Crippen LogP contribution is -2.44. The summed E-state index contributed by atoms with van der Waals surface area (Å²) >= 11 is 6.29. The van der Waals surface area contributed by atoms with Crippen molar-refractivity contribution in [3.8, 4) is 11.5 Å². The number of hydrogen-bond acceptors (Lipinski definition) is 5. The number of halogens is 2. The first-order chi connectivity index (χ1) is 12.4. The molecule has 7 nitrogen and oxygen atoms in total. The lowest BCUT2D eigenvalue weighted by molar-refractivity contribution is 0.311. The van der Waals surface area contributed by atoms with Crippen LogP contribution in [0, 0.1) is 0 Å². The Kier molecular flexibility index (Phi) is 9.96. The third kappa shape index (κ3) is 7.19. The molecule has 0 bridgehead atoms. The first kappa shape index (κ1) is 24.1. The van der Waals surface area contributed by atoms with E-state index in [2.05, 4.69) is 15.6 Å². The molecule has 2 rings (SSSR count). The number of benzene rings is 1. The Bertz CT molecular complexity index is 759. The number of rotatable bonds is 7. The molecule has 1 atom stereocenters. The molecule has 10 heteroatoms. The lowest BCUT2D eigenvalue weighted by Gasteiger charge is -2.16. The van der Waals surface area contributed by atoms with Crippen molar-refractivity contribution in [3.05, 3.63) is 22.7 Å². The van der Waals surface area contributed by atoms with Gasteiger partial charge in [0.2, 0.25) is 0 Å². The summed E-state index contributed by atoms with van der Waals surface area (Å²) in [5.74, 6) is 2.02. The lowest BCUT2D eigenvalue weighted by atomic mass is 10.2. The van der Waals surface area contributed by atoms with Crippen LogP contribution >= 0.6 is 35.6 Å². The van der Waals surface area contributed by atoms with Crippen LogP contribution in [0.3, 0.4) is 0 Å². The largest absolute Gasteiger partial charge is 0.493 e. The van der Waals surface area contributed by atoms with E-state index >= 15 is 0 Å². The maximum Gasteiger partial charge on any atom is 0.191 e. The summed E-state index contributed by atoms with van der Waals surface area (Å²) in [6.07, 6.45) is 0.593. The molecule has 27 heavy (non-hydrogen) atoms. The monoisotopic (exact) mass is 531 g/mol. The van der Waals surface area contributed by atoms with Gasteiger partial charge in [-0.25, -0.2) is 13.4 Å². The van der Waals surface area contributed by atoms with Gasteiger partial charge in [0.05, 0.1) is 36.8 Å². The molecule has 0 aromatic heterocycles. The van der Waals surface area contributed by atoms with Gasteiger partial charge in [0.1, 0.15) is 0 Å². The second-order valence-corrected chi connectivity index (χ2v) is 8.62. The Morgan fingerprint density at radius 2 is 2.11 bits per heavy atom. The highest BCUT2D eigenvalue weighted by molar-refractivity contribution is 14.0. The molecule has 1 aromatic rings. The quantitative estimate of drug-likeness (QED) is 0.319. The number of methoxy groups -OCH3 is 1. The van der Waals surface area contributed by atoms with Crippen molar-refractivity contribution in [3.63, 3.8) is 0 Å². The van der Waals surface area contributed by atoms with E-state index in [9.17, 15) is 8.42 Å². The first-order valence-corrected chi connectivity index (χ1v) is 10.8. The summed E-state index contributed by atoms with van der Waals surface area (Å²) in [6.45, 7) is 5.38. The smallest absolute Gasteiger partial charge is 0.191 e. The average Bonchev–Trinajstić information content (AvgIpc) is 2.93. The number of aliphatic imine (C=N–C) groups is 1. The highest BCUT2D eigenvalue weighted by Crippen LogP contribution is 2.36. The molecule has 1 heterocycles. The zero-order valence-corrected chi connectivity index (χ0v) is 19.7. The molecule has 0 spiro atoms. The predicted octanol–water partition coefficient (Wildman–Crippen LogP) is 2.61. The van der Waals surface area contributed by atoms with Crippen molar-refractivity contribution in [1.29, 1.82) is 0 Å². The molecule has 1 aliphatic rings. The molecule has 1 unspecified atom stereocenters. The van der Waals surface area contributed by atoms with Gasteiger partial charge in [0.15, 0.2) is 27.3 Å². The Balaban J connectivity index is 0.00000364. The summed E-state index contributed by atoms with van der Waals surface area (Å²) in [6, 6.07) is 3.52. The van der Waals surface area contributed by atoms with E-state index < -0.39 is 9.84 Å². The van der Waals surface area contributed by atoms with Crippen LogP contribution in [0.5, 0.6) is 11.5 Å². The van der Waals surface area contributed by atoms with E-state index in [-0.39, 0.29) is 41.5 Å². The molecule has 0 aliphatic carbocycles. The molecular formula is C17H27ClIN3O4S. The fraction of sp³-hybridized carbons (Fsp3) is 0.588. The van der Waals surface area contributed by atoms with E-state index in [1.807, 2.05) is 19.9 Å². The van der Waals surface area contributed by atoms with E-state index in [1.54, 1.807) is 13.2 Å². The van der Waals surface area contributed by atoms with Crippen LogP contribution in [0.4, 0.5) is 0 Å². The number of guanidine groups is 1. The number of hydrogen-bond donors (Lipinski definition) is 2. The van der Waals surface area contributed by atoms with Gasteiger partial charge in [-0.15, -0.1) is 24.0 Å². The van der Waals surface area contributed by atoms with Gasteiger partial charge < -0.3 is 20.1 Å². The van der Waals surface area contributed by atoms with E-state index in [4.69, 9.17) is 21.1 Å². The molecule has 154 valence electrons. The number of nitrogens with one attached hydrogen (secondary N) is 2. The molecule has 0 amide bonds. The van der Waals surface area contributed by atoms with Crippen molar-refractivity contribution < 1.29 is 17.9 Å². The third-order valence-electron chi connectivity index (χ3n) is 3.92. The molecule has 1 aromatic carbocycles. The normalized spacial score (nSPS) is 18.5. The maximum absolute atomic E-state index is 11.6. The zero-order valence-electron chi connectivity index (χ0n) is 15.7. The second kappa shape index (κ2) is 11.2. The average molecular weight is 532 g/mol. The van der Waals surface area contributed by atoms with Crippen LogP contribution in [0.2, 0.25) is 5.02 Å². The number of nitrogens with zero attached hydrogens (tertiary/aromatic N) is 1. The minimum atomic E-state index is -2.94. The first-order valence-electron chi connectivity index (χ1n) is 8.63. The van der Waals surface area contributed by atoms with E-state index in [1.165, 1.54) is 0 Å². The molecular weight excluding hydrogens is 505 g/mol. The second-order valence-electron chi connectivity index (χ2n) is 5.98. The van der Waals surface area contributed by atoms with Crippen LogP contribution in [0.15, 0.2) is 17.1 Å². The van der Waals surface area contributed by atoms with Gasteiger partial charge in [-0.05, 0) is 38.0 Å². The summed E-state index contributed by atoms with van der Waals surface area (Å²) < 4.78 is 34.1. The van der Waals surface area contributed by atoms with Gasteiger partial charge in [-0.3, -0.25) is 0 Å². The summed E-state index contributed by atoms with van der Waals surface area (Å²) in [5, 5.41) is 6.79. The van der Waals surface area contributed by atoms with Crippen molar-refractivity contribution in [2.75, 3.05) is 31.8 Å². The molecule has 0 radical (unpaired) electrons. The molecule has 1 fully saturated rings. The summed E-state index contributed by atoms with van der Waals surface area (Å²) in [7, 11) is -1.38. The van der Waals surface area contributed by atoms with Crippen molar-refractivity contribution in [1.82, 2.24) is 10.6 Å². The fourth-order valence-electron chi connectivity index (χ4n) is 2.74. The van der Waals surface area contributed by atoms with Crippen LogP contribution in [0.25, 0.3) is 0 Å². The molecule has 0 saturated carbocycles. The minimum absolute atomic E-state index is 0. The van der Waals surface area contributed by atoms with Gasteiger partial charge in [0, 0.05) is 12.6 Å². The Morgan fingerprint density at radius 1 is 1.37 bits per heavy atom. The summed E-state index contributed by atoms with van der Waals surface area (Å²) in [4.78, 5) is 4.53. The topological polar surface area (TPSA) is 89.0 Å². The van der Waals surface area contributed by atoms with Crippen LogP contribution < -0.4 is 20.1 Å². The van der Waals surface area contributed by atoms with Gasteiger partial charge in [-0.2, -0.15) is 0 Å². The Hall–Kier alpha value is -0.940. The number of ether oxygens (including phenoxy) is 2. The van der Waals surface area contributed by atoms with Crippen molar-refractivity contribution in [2.24, 2.45) is 4.99 Å². The Labute approximate surface area is 183 Å². The van der Waals surface area contributed by atoms with Gasteiger partial charge in [0.25, 0.3) is 0 Å². The predicted molar refractivity (Wildman–Crippen MR) is 120 cm³/mol.